The lowest BCUT2D eigenvalue weighted by atomic mass is 10.0. The fourth-order valence-corrected chi connectivity index (χ4v) is 6.24. The number of fused-ring (bicyclic) bond motifs is 2. The molecule has 6 nitrogen and oxygen atoms in total. The van der Waals surface area contributed by atoms with Crippen LogP contribution in [0, 0.1) is 0 Å². The van der Waals surface area contributed by atoms with Gasteiger partial charge in [0.25, 0.3) is 5.91 Å². The molecule has 2 fully saturated rings. The number of carbonyl (C=O) groups excluding carboxylic acids is 1. The van der Waals surface area contributed by atoms with Gasteiger partial charge in [-0.2, -0.15) is 0 Å². The van der Waals surface area contributed by atoms with Gasteiger partial charge in [0.15, 0.2) is 0 Å². The predicted molar refractivity (Wildman–Crippen MR) is 107 cm³/mol. The molecule has 2 aromatic rings. The summed E-state index contributed by atoms with van der Waals surface area (Å²) >= 11 is 0. The van der Waals surface area contributed by atoms with Crippen LogP contribution in [0.1, 0.15) is 36.0 Å². The number of hydrogen-bond acceptors (Lipinski definition) is 4. The Morgan fingerprint density at radius 3 is 2.52 bits per heavy atom. The highest BCUT2D eigenvalue weighted by atomic mass is 35.5. The second-order valence-electron chi connectivity index (χ2n) is 7.60. The number of carbonyl (C=O) groups is 1. The lowest BCUT2D eigenvalue weighted by molar-refractivity contribution is 0.0999. The molecule has 144 valence electrons. The van der Waals surface area contributed by atoms with E-state index in [1.165, 1.54) is 0 Å². The molecular formula is C19H22ClN3O3S. The van der Waals surface area contributed by atoms with Gasteiger partial charge < -0.3 is 10.2 Å². The summed E-state index contributed by atoms with van der Waals surface area (Å²) in [5.41, 5.74) is 1.33. The Hall–Kier alpha value is -1.67. The summed E-state index contributed by atoms with van der Waals surface area (Å²) in [7, 11) is -1.94. The van der Waals surface area contributed by atoms with Crippen LogP contribution in [0.4, 0.5) is 5.69 Å². The Balaban J connectivity index is 0.00000180. The van der Waals surface area contributed by atoms with Gasteiger partial charge in [0.05, 0.1) is 10.6 Å². The summed E-state index contributed by atoms with van der Waals surface area (Å²) in [5, 5.41) is 4.87. The molecule has 5 rings (SSSR count). The van der Waals surface area contributed by atoms with Gasteiger partial charge in [-0.25, -0.2) is 13.1 Å². The van der Waals surface area contributed by atoms with Crippen molar-refractivity contribution in [3.63, 3.8) is 0 Å². The van der Waals surface area contributed by atoms with Crippen LogP contribution in [0.25, 0.3) is 10.8 Å². The minimum Gasteiger partial charge on any atom is -0.311 e. The van der Waals surface area contributed by atoms with E-state index < -0.39 is 10.0 Å². The molecule has 2 saturated heterocycles. The number of rotatable bonds is 3. The number of sulfonamides is 1. The van der Waals surface area contributed by atoms with Gasteiger partial charge >= 0.3 is 0 Å². The van der Waals surface area contributed by atoms with E-state index in [-0.39, 0.29) is 29.3 Å². The maximum Gasteiger partial charge on any atom is 0.258 e. The fourth-order valence-electron chi connectivity index (χ4n) is 4.78. The van der Waals surface area contributed by atoms with E-state index in [1.807, 2.05) is 0 Å². The number of amides is 1. The zero-order valence-electron chi connectivity index (χ0n) is 14.9. The van der Waals surface area contributed by atoms with Gasteiger partial charge in [-0.05, 0) is 43.9 Å². The molecule has 2 aromatic carbocycles. The van der Waals surface area contributed by atoms with E-state index in [9.17, 15) is 13.2 Å². The maximum atomic E-state index is 13.1. The van der Waals surface area contributed by atoms with Crippen LogP contribution in [0.2, 0.25) is 0 Å². The number of nitrogens with zero attached hydrogens (tertiary/aromatic N) is 1. The number of piperidine rings is 1. The lowest BCUT2D eigenvalue weighted by Gasteiger charge is -2.29. The topological polar surface area (TPSA) is 78.5 Å². The minimum atomic E-state index is -3.65. The average Bonchev–Trinajstić information content (AvgIpc) is 3.08. The van der Waals surface area contributed by atoms with Gasteiger partial charge in [0.2, 0.25) is 10.0 Å². The van der Waals surface area contributed by atoms with E-state index in [2.05, 4.69) is 10.0 Å². The lowest BCUT2D eigenvalue weighted by Crippen LogP contribution is -2.47. The summed E-state index contributed by atoms with van der Waals surface area (Å²) < 4.78 is 29.2. The first-order valence-electron chi connectivity index (χ1n) is 9.06. The third kappa shape index (κ3) is 2.84. The molecule has 3 aliphatic heterocycles. The molecule has 3 aliphatic rings. The van der Waals surface area contributed by atoms with Crippen LogP contribution >= 0.6 is 12.4 Å². The zero-order valence-corrected chi connectivity index (χ0v) is 16.6. The van der Waals surface area contributed by atoms with Gasteiger partial charge in [-0.1, -0.05) is 12.1 Å². The first kappa shape index (κ1) is 18.7. The molecule has 0 radical (unpaired) electrons. The van der Waals surface area contributed by atoms with Crippen LogP contribution in [0.15, 0.2) is 35.2 Å². The van der Waals surface area contributed by atoms with E-state index in [0.717, 1.165) is 36.8 Å². The van der Waals surface area contributed by atoms with E-state index in [0.29, 0.717) is 23.0 Å². The summed E-state index contributed by atoms with van der Waals surface area (Å²) in [6.07, 6.45) is 3.91. The van der Waals surface area contributed by atoms with Crippen molar-refractivity contribution in [1.82, 2.24) is 10.0 Å². The molecule has 27 heavy (non-hydrogen) atoms. The van der Waals surface area contributed by atoms with Crippen LogP contribution in [0.3, 0.4) is 0 Å². The van der Waals surface area contributed by atoms with Crippen LogP contribution in [-0.2, 0) is 10.0 Å². The Bertz CT molecular complexity index is 1030. The second kappa shape index (κ2) is 6.44. The number of anilines is 1. The Morgan fingerprint density at radius 1 is 1.11 bits per heavy atom. The van der Waals surface area contributed by atoms with Crippen molar-refractivity contribution in [3.05, 3.63) is 35.9 Å². The van der Waals surface area contributed by atoms with Crippen LogP contribution in [-0.4, -0.2) is 39.5 Å². The van der Waals surface area contributed by atoms with Crippen molar-refractivity contribution in [2.75, 3.05) is 11.9 Å². The molecule has 2 unspecified atom stereocenters. The summed E-state index contributed by atoms with van der Waals surface area (Å²) in [6.45, 7) is 0. The Morgan fingerprint density at radius 2 is 1.81 bits per heavy atom. The minimum absolute atomic E-state index is 0. The van der Waals surface area contributed by atoms with Crippen LogP contribution in [0.5, 0.6) is 0 Å². The highest BCUT2D eigenvalue weighted by Crippen LogP contribution is 2.39. The molecule has 0 aliphatic carbocycles. The standard InChI is InChI=1S/C19H21N3O3S.ClH/c1-22-16-7-8-17(14-3-2-4-15(18(14)16)19(22)23)26(24,25)21-13-9-11-5-6-12(10-13)20-11;/h2-4,7-8,11-13,20-21H,5-6,9-10H2,1H3;1H. The number of hydrogen-bond donors (Lipinski definition) is 2. The van der Waals surface area contributed by atoms with Gasteiger partial charge in [0, 0.05) is 41.5 Å². The fraction of sp³-hybridized carbons (Fsp3) is 0.421. The molecule has 3 heterocycles. The van der Waals surface area contributed by atoms with E-state index in [4.69, 9.17) is 0 Å². The quantitative estimate of drug-likeness (QED) is 0.819. The molecule has 8 heteroatoms. The molecule has 2 bridgehead atoms. The first-order chi connectivity index (χ1) is 12.4. The van der Waals surface area contributed by atoms with Crippen molar-refractivity contribution in [1.29, 1.82) is 0 Å². The Labute approximate surface area is 164 Å². The summed E-state index contributed by atoms with van der Waals surface area (Å²) in [6, 6.07) is 9.45. The van der Waals surface area contributed by atoms with Crippen molar-refractivity contribution in [3.8, 4) is 0 Å². The maximum absolute atomic E-state index is 13.1. The third-order valence-electron chi connectivity index (χ3n) is 5.96. The van der Waals surface area contributed by atoms with Gasteiger partial charge in [-0.3, -0.25) is 4.79 Å². The molecule has 2 N–H and O–H groups in total. The normalized spacial score (nSPS) is 26.5. The van der Waals surface area contributed by atoms with Crippen molar-refractivity contribution < 1.29 is 13.2 Å². The summed E-state index contributed by atoms with van der Waals surface area (Å²) in [4.78, 5) is 14.2. The highest BCUT2D eigenvalue weighted by Gasteiger charge is 2.36. The number of halogens is 1. The largest absolute Gasteiger partial charge is 0.311 e. The van der Waals surface area contributed by atoms with Gasteiger partial charge in [-0.15, -0.1) is 12.4 Å². The SMILES string of the molecule is CN1C(=O)c2cccc3c(S(=O)(=O)NC4CC5CCC(C4)N5)ccc1c23.Cl. The molecule has 1 amide bonds. The number of benzene rings is 2. The number of nitrogens with one attached hydrogen (secondary N) is 2. The van der Waals surface area contributed by atoms with E-state index >= 15 is 0 Å². The van der Waals surface area contributed by atoms with Crippen molar-refractivity contribution in [2.45, 2.75) is 48.7 Å². The molecular weight excluding hydrogens is 386 g/mol. The van der Waals surface area contributed by atoms with Crippen molar-refractivity contribution >= 4 is 44.8 Å². The highest BCUT2D eigenvalue weighted by molar-refractivity contribution is 7.89. The third-order valence-corrected chi connectivity index (χ3v) is 7.54. The summed E-state index contributed by atoms with van der Waals surface area (Å²) in [5.74, 6) is -0.0944. The first-order valence-corrected chi connectivity index (χ1v) is 10.5. The zero-order chi connectivity index (χ0) is 18.1. The molecule has 2 atom stereocenters. The van der Waals surface area contributed by atoms with E-state index in [1.54, 1.807) is 42.3 Å². The second-order valence-corrected chi connectivity index (χ2v) is 9.29. The van der Waals surface area contributed by atoms with Gasteiger partial charge in [0.1, 0.15) is 0 Å². The van der Waals surface area contributed by atoms with Crippen molar-refractivity contribution in [2.24, 2.45) is 0 Å². The molecule has 0 saturated carbocycles. The molecule has 0 aromatic heterocycles. The van der Waals surface area contributed by atoms with Crippen LogP contribution < -0.4 is 14.9 Å². The Kier molecular flexibility index (Phi) is 4.46. The average molecular weight is 408 g/mol. The molecule has 0 spiro atoms. The predicted octanol–water partition coefficient (Wildman–Crippen LogP) is 2.41. The monoisotopic (exact) mass is 407 g/mol. The smallest absolute Gasteiger partial charge is 0.258 e.